The van der Waals surface area contributed by atoms with Gasteiger partial charge in [0.25, 0.3) is 0 Å². The molecule has 0 unspecified atom stereocenters. The molecule has 0 aliphatic heterocycles. The minimum absolute atomic E-state index is 0.473. The second-order valence-corrected chi connectivity index (χ2v) is 15.1. The first-order valence-electron chi connectivity index (χ1n) is 18.3. The van der Waals surface area contributed by atoms with Gasteiger partial charge in [-0.2, -0.15) is 0 Å². The zero-order valence-corrected chi connectivity index (χ0v) is 29.7. The van der Waals surface area contributed by atoms with Crippen LogP contribution in [0.3, 0.4) is 0 Å². The molecule has 0 amide bonds. The summed E-state index contributed by atoms with van der Waals surface area (Å²) >= 11 is 1.90. The van der Waals surface area contributed by atoms with E-state index < -0.39 is 5.41 Å². The van der Waals surface area contributed by atoms with Gasteiger partial charge in [0.1, 0.15) is 0 Å². The zero-order valence-electron chi connectivity index (χ0n) is 28.9. The van der Waals surface area contributed by atoms with Crippen molar-refractivity contribution in [3.8, 4) is 11.1 Å². The van der Waals surface area contributed by atoms with Crippen molar-refractivity contribution in [2.75, 3.05) is 4.90 Å². The van der Waals surface area contributed by atoms with E-state index in [-0.39, 0.29) is 0 Å². The van der Waals surface area contributed by atoms with Gasteiger partial charge in [-0.1, -0.05) is 158 Å². The van der Waals surface area contributed by atoms with Crippen LogP contribution >= 0.6 is 11.3 Å². The topological polar surface area (TPSA) is 3.24 Å². The number of benzene rings is 9. The summed E-state index contributed by atoms with van der Waals surface area (Å²) in [4.78, 5) is 2.44. The van der Waals surface area contributed by atoms with Crippen molar-refractivity contribution in [2.24, 2.45) is 0 Å². The first-order chi connectivity index (χ1) is 26.3. The van der Waals surface area contributed by atoms with E-state index in [4.69, 9.17) is 0 Å². The fourth-order valence-electron chi connectivity index (χ4n) is 9.04. The van der Waals surface area contributed by atoms with Gasteiger partial charge in [0, 0.05) is 42.6 Å². The molecule has 248 valence electrons. The Kier molecular flexibility index (Phi) is 6.71. The number of hydrogen-bond acceptors (Lipinski definition) is 2. The highest BCUT2D eigenvalue weighted by atomic mass is 32.1. The molecular weight excluding hydrogens is 659 g/mol. The number of para-hydroxylation sites is 1. The van der Waals surface area contributed by atoms with Crippen LogP contribution in [0.4, 0.5) is 17.1 Å². The quantitative estimate of drug-likeness (QED) is 0.162. The van der Waals surface area contributed by atoms with Crippen molar-refractivity contribution >= 4 is 70.1 Å². The molecule has 1 aromatic heterocycles. The normalized spacial score (nSPS) is 13.1. The largest absolute Gasteiger partial charge is 0.310 e. The fraction of sp³-hybridized carbons (Fsp3) is 0.0196. The lowest BCUT2D eigenvalue weighted by Gasteiger charge is -2.35. The Labute approximate surface area is 312 Å². The second kappa shape index (κ2) is 11.8. The van der Waals surface area contributed by atoms with Gasteiger partial charge in [0.2, 0.25) is 0 Å². The van der Waals surface area contributed by atoms with Crippen LogP contribution in [0.15, 0.2) is 200 Å². The molecule has 0 atom stereocenters. The van der Waals surface area contributed by atoms with Gasteiger partial charge >= 0.3 is 0 Å². The summed E-state index contributed by atoms with van der Waals surface area (Å²) in [7, 11) is 0. The molecule has 0 N–H and O–H groups in total. The molecule has 0 radical (unpaired) electrons. The number of fused-ring (bicyclic) bond motifs is 10. The van der Waals surface area contributed by atoms with Gasteiger partial charge in [-0.05, 0) is 92.0 Å². The number of nitrogens with zero attached hydrogens (tertiary/aromatic N) is 1. The van der Waals surface area contributed by atoms with Crippen LogP contribution < -0.4 is 4.90 Å². The summed E-state index contributed by atoms with van der Waals surface area (Å²) in [5, 5.41) is 7.77. The molecule has 9 aromatic carbocycles. The number of anilines is 3. The lowest BCUT2D eigenvalue weighted by molar-refractivity contribution is 0.768. The number of hydrogen-bond donors (Lipinski definition) is 0. The predicted molar refractivity (Wildman–Crippen MR) is 226 cm³/mol. The standard InChI is InChI=1S/C51H33NS/c1-4-14-36(15-5-1)51(37-16-6-2-7-17-37)46-22-12-10-20-41(46)42-31-29-40(33-47(42)51)52(38-18-8-3-9-19-38)39-28-26-34-24-25-35-27-30-44-43-21-11-13-23-48(43)53-50(44)49(35)45(34)32-39/h1-33H. The van der Waals surface area contributed by atoms with Gasteiger partial charge in [-0.25, -0.2) is 0 Å². The second-order valence-electron chi connectivity index (χ2n) is 14.0. The molecule has 0 bridgehead atoms. The van der Waals surface area contributed by atoms with Crippen LogP contribution in [0.25, 0.3) is 52.8 Å². The average Bonchev–Trinajstić information content (AvgIpc) is 3.76. The van der Waals surface area contributed by atoms with Gasteiger partial charge in [0.15, 0.2) is 0 Å². The Morgan fingerprint density at radius 3 is 1.75 bits per heavy atom. The molecule has 1 aliphatic rings. The minimum atomic E-state index is -0.473. The first kappa shape index (κ1) is 30.2. The van der Waals surface area contributed by atoms with Crippen molar-refractivity contribution in [3.63, 3.8) is 0 Å². The molecular formula is C51H33NS. The molecule has 1 nitrogen and oxygen atoms in total. The van der Waals surface area contributed by atoms with E-state index in [1.165, 1.54) is 75.1 Å². The third-order valence-electron chi connectivity index (χ3n) is 11.3. The van der Waals surface area contributed by atoms with E-state index in [1.54, 1.807) is 0 Å². The molecule has 0 fully saturated rings. The zero-order chi connectivity index (χ0) is 34.9. The van der Waals surface area contributed by atoms with E-state index in [0.29, 0.717) is 0 Å². The van der Waals surface area contributed by atoms with Crippen molar-refractivity contribution in [3.05, 3.63) is 222 Å². The van der Waals surface area contributed by atoms with Crippen molar-refractivity contribution in [2.45, 2.75) is 5.41 Å². The lowest BCUT2D eigenvalue weighted by Crippen LogP contribution is -2.28. The third kappa shape index (κ3) is 4.43. The van der Waals surface area contributed by atoms with E-state index in [1.807, 2.05) is 11.3 Å². The predicted octanol–water partition coefficient (Wildman–Crippen LogP) is 14.2. The maximum absolute atomic E-state index is 2.46. The summed E-state index contributed by atoms with van der Waals surface area (Å²) in [6.07, 6.45) is 0. The third-order valence-corrected chi connectivity index (χ3v) is 12.5. The van der Waals surface area contributed by atoms with Crippen LogP contribution in [-0.4, -0.2) is 0 Å². The van der Waals surface area contributed by atoms with Crippen LogP contribution in [0, 0.1) is 0 Å². The van der Waals surface area contributed by atoms with E-state index >= 15 is 0 Å². The van der Waals surface area contributed by atoms with Crippen molar-refractivity contribution in [1.82, 2.24) is 0 Å². The molecule has 1 aliphatic carbocycles. The summed E-state index contributed by atoms with van der Waals surface area (Å²) in [5.74, 6) is 0. The van der Waals surface area contributed by atoms with Crippen LogP contribution in [0.5, 0.6) is 0 Å². The van der Waals surface area contributed by atoms with E-state index in [9.17, 15) is 0 Å². The van der Waals surface area contributed by atoms with Gasteiger partial charge in [0.05, 0.1) is 5.41 Å². The Morgan fingerprint density at radius 2 is 0.962 bits per heavy atom. The monoisotopic (exact) mass is 691 g/mol. The Morgan fingerprint density at radius 1 is 0.377 bits per heavy atom. The molecule has 0 saturated heterocycles. The molecule has 11 rings (SSSR count). The number of thiophene rings is 1. The fourth-order valence-corrected chi connectivity index (χ4v) is 10.3. The van der Waals surface area contributed by atoms with Gasteiger partial charge in [-0.15, -0.1) is 11.3 Å². The molecule has 0 spiro atoms. The Hall–Kier alpha value is -6.48. The van der Waals surface area contributed by atoms with Crippen molar-refractivity contribution < 1.29 is 0 Å². The van der Waals surface area contributed by atoms with E-state index in [2.05, 4.69) is 205 Å². The summed E-state index contributed by atoms with van der Waals surface area (Å²) < 4.78 is 2.68. The first-order valence-corrected chi connectivity index (χ1v) is 19.1. The summed E-state index contributed by atoms with van der Waals surface area (Å²) in [6.45, 7) is 0. The molecule has 1 heterocycles. The van der Waals surface area contributed by atoms with Gasteiger partial charge < -0.3 is 4.90 Å². The average molecular weight is 692 g/mol. The SMILES string of the molecule is c1ccc(N(c2ccc3c(c2)C(c2ccccc2)(c2ccccc2)c2ccccc2-3)c2ccc3ccc4ccc5c6ccccc6sc5c4c3c2)cc1. The molecule has 0 saturated carbocycles. The maximum atomic E-state index is 2.46. The molecule has 53 heavy (non-hydrogen) atoms. The highest BCUT2D eigenvalue weighted by molar-refractivity contribution is 7.26. The summed E-state index contributed by atoms with van der Waals surface area (Å²) in [6, 6.07) is 74.0. The highest BCUT2D eigenvalue weighted by Gasteiger charge is 2.46. The molecule has 10 aromatic rings. The number of rotatable bonds is 5. The smallest absolute Gasteiger partial charge is 0.0714 e. The maximum Gasteiger partial charge on any atom is 0.0714 e. The minimum Gasteiger partial charge on any atom is -0.310 e. The van der Waals surface area contributed by atoms with Crippen molar-refractivity contribution in [1.29, 1.82) is 0 Å². The molecule has 2 heteroatoms. The Balaban J connectivity index is 1.19. The highest BCUT2D eigenvalue weighted by Crippen LogP contribution is 2.57. The van der Waals surface area contributed by atoms with Crippen LogP contribution in [-0.2, 0) is 5.41 Å². The van der Waals surface area contributed by atoms with Crippen LogP contribution in [0.1, 0.15) is 22.3 Å². The Bertz CT molecular complexity index is 2960. The van der Waals surface area contributed by atoms with E-state index in [0.717, 1.165) is 17.1 Å². The van der Waals surface area contributed by atoms with Crippen LogP contribution in [0.2, 0.25) is 0 Å². The lowest BCUT2D eigenvalue weighted by atomic mass is 9.67. The van der Waals surface area contributed by atoms with Gasteiger partial charge in [-0.3, -0.25) is 0 Å². The summed E-state index contributed by atoms with van der Waals surface area (Å²) in [5.41, 5.74) is 10.6.